The van der Waals surface area contributed by atoms with Crippen LogP contribution in [0, 0.1) is 11.8 Å². The SMILES string of the molecule is CC(=O)NCC#Cc1ccc(C(N)=S)cc1. The predicted octanol–water partition coefficient (Wildman–Crippen LogP) is 0.808. The van der Waals surface area contributed by atoms with Gasteiger partial charge in [0.05, 0.1) is 6.54 Å². The number of hydrogen-bond donors (Lipinski definition) is 2. The lowest BCUT2D eigenvalue weighted by Crippen LogP contribution is -2.19. The summed E-state index contributed by atoms with van der Waals surface area (Å²) in [5.41, 5.74) is 7.15. The van der Waals surface area contributed by atoms with E-state index in [9.17, 15) is 4.79 Å². The van der Waals surface area contributed by atoms with E-state index in [0.29, 0.717) is 11.5 Å². The van der Waals surface area contributed by atoms with Crippen LogP contribution in [0.15, 0.2) is 24.3 Å². The molecule has 0 atom stereocenters. The minimum absolute atomic E-state index is 0.0851. The summed E-state index contributed by atoms with van der Waals surface area (Å²) < 4.78 is 0. The number of benzene rings is 1. The smallest absolute Gasteiger partial charge is 0.217 e. The predicted molar refractivity (Wildman–Crippen MR) is 67.9 cm³/mol. The van der Waals surface area contributed by atoms with Crippen molar-refractivity contribution in [2.24, 2.45) is 5.73 Å². The number of carbonyl (C=O) groups is 1. The van der Waals surface area contributed by atoms with E-state index in [2.05, 4.69) is 17.2 Å². The fourth-order valence-electron chi connectivity index (χ4n) is 1.03. The quantitative estimate of drug-likeness (QED) is 0.586. The van der Waals surface area contributed by atoms with Gasteiger partial charge in [0.25, 0.3) is 0 Å². The number of rotatable bonds is 2. The zero-order valence-electron chi connectivity index (χ0n) is 8.91. The summed E-state index contributed by atoms with van der Waals surface area (Å²) in [7, 11) is 0. The third-order valence-electron chi connectivity index (χ3n) is 1.83. The first-order valence-corrected chi connectivity index (χ1v) is 5.13. The topological polar surface area (TPSA) is 55.1 Å². The molecule has 0 aliphatic rings. The van der Waals surface area contributed by atoms with Crippen LogP contribution >= 0.6 is 12.2 Å². The van der Waals surface area contributed by atoms with E-state index in [1.807, 2.05) is 24.3 Å². The standard InChI is InChI=1S/C12H12N2OS/c1-9(15)14-8-2-3-10-4-6-11(7-5-10)12(13)16/h4-7H,8H2,1H3,(H2,13,16)(H,14,15). The molecule has 0 fully saturated rings. The summed E-state index contributed by atoms with van der Waals surface area (Å²) in [6.07, 6.45) is 0. The molecule has 0 aliphatic heterocycles. The molecule has 0 bridgehead atoms. The lowest BCUT2D eigenvalue weighted by atomic mass is 10.1. The molecule has 1 rings (SSSR count). The van der Waals surface area contributed by atoms with Crippen molar-refractivity contribution in [2.75, 3.05) is 6.54 Å². The second kappa shape index (κ2) is 5.89. The van der Waals surface area contributed by atoms with Gasteiger partial charge in [-0.05, 0) is 12.1 Å². The average Bonchev–Trinajstić information content (AvgIpc) is 2.25. The minimum Gasteiger partial charge on any atom is -0.389 e. The largest absolute Gasteiger partial charge is 0.389 e. The maximum absolute atomic E-state index is 10.6. The molecule has 0 unspecified atom stereocenters. The van der Waals surface area contributed by atoms with Crippen molar-refractivity contribution in [2.45, 2.75) is 6.92 Å². The fourth-order valence-corrected chi connectivity index (χ4v) is 1.17. The highest BCUT2D eigenvalue weighted by atomic mass is 32.1. The Morgan fingerprint density at radius 3 is 2.56 bits per heavy atom. The minimum atomic E-state index is -0.0851. The Hall–Kier alpha value is -1.86. The lowest BCUT2D eigenvalue weighted by molar-refractivity contribution is -0.118. The molecule has 0 saturated heterocycles. The van der Waals surface area contributed by atoms with Crippen LogP contribution in [-0.4, -0.2) is 17.4 Å². The van der Waals surface area contributed by atoms with Crippen molar-refractivity contribution in [1.29, 1.82) is 0 Å². The number of hydrogen-bond acceptors (Lipinski definition) is 2. The molecule has 0 aromatic heterocycles. The van der Waals surface area contributed by atoms with Gasteiger partial charge in [0, 0.05) is 18.1 Å². The van der Waals surface area contributed by atoms with Crippen molar-refractivity contribution in [1.82, 2.24) is 5.32 Å². The van der Waals surface area contributed by atoms with Gasteiger partial charge in [-0.1, -0.05) is 36.2 Å². The van der Waals surface area contributed by atoms with Crippen LogP contribution in [0.25, 0.3) is 0 Å². The third-order valence-corrected chi connectivity index (χ3v) is 2.06. The van der Waals surface area contributed by atoms with E-state index >= 15 is 0 Å². The van der Waals surface area contributed by atoms with Crippen molar-refractivity contribution >= 4 is 23.1 Å². The Bertz CT molecular complexity index is 454. The number of amides is 1. The number of nitrogens with one attached hydrogen (secondary N) is 1. The van der Waals surface area contributed by atoms with Crippen LogP contribution in [0.2, 0.25) is 0 Å². The molecule has 82 valence electrons. The van der Waals surface area contributed by atoms with E-state index in [-0.39, 0.29) is 5.91 Å². The van der Waals surface area contributed by atoms with E-state index in [1.54, 1.807) is 0 Å². The molecule has 3 N–H and O–H groups in total. The van der Waals surface area contributed by atoms with Crippen LogP contribution in [0.5, 0.6) is 0 Å². The Kier molecular flexibility index (Phi) is 4.49. The van der Waals surface area contributed by atoms with E-state index < -0.39 is 0 Å². The van der Waals surface area contributed by atoms with E-state index in [1.165, 1.54) is 6.92 Å². The number of thiocarbonyl (C=S) groups is 1. The maximum atomic E-state index is 10.6. The zero-order valence-corrected chi connectivity index (χ0v) is 9.73. The third kappa shape index (κ3) is 4.11. The first-order valence-electron chi connectivity index (χ1n) is 4.73. The van der Waals surface area contributed by atoms with Gasteiger partial charge in [-0.25, -0.2) is 0 Å². The molecule has 0 radical (unpaired) electrons. The molecule has 4 heteroatoms. The lowest BCUT2D eigenvalue weighted by Gasteiger charge is -1.97. The van der Waals surface area contributed by atoms with Crippen LogP contribution in [0.4, 0.5) is 0 Å². The number of nitrogens with two attached hydrogens (primary N) is 1. The Balaban J connectivity index is 2.61. The Morgan fingerprint density at radius 2 is 2.06 bits per heavy atom. The van der Waals surface area contributed by atoms with Gasteiger partial charge < -0.3 is 11.1 Å². The van der Waals surface area contributed by atoms with Crippen molar-refractivity contribution < 1.29 is 4.79 Å². The van der Waals surface area contributed by atoms with Gasteiger partial charge in [-0.3, -0.25) is 4.79 Å². The average molecular weight is 232 g/mol. The van der Waals surface area contributed by atoms with Gasteiger partial charge in [0.15, 0.2) is 0 Å². The molecule has 1 amide bonds. The van der Waals surface area contributed by atoms with Gasteiger partial charge in [-0.2, -0.15) is 0 Å². The van der Waals surface area contributed by atoms with Gasteiger partial charge in [0.2, 0.25) is 5.91 Å². The van der Waals surface area contributed by atoms with Crippen LogP contribution in [0.3, 0.4) is 0 Å². The molecule has 0 saturated carbocycles. The Labute approximate surface area is 100 Å². The van der Waals surface area contributed by atoms with E-state index in [4.69, 9.17) is 18.0 Å². The molecular weight excluding hydrogens is 220 g/mol. The van der Waals surface area contributed by atoms with Gasteiger partial charge in [-0.15, -0.1) is 0 Å². The molecule has 0 heterocycles. The maximum Gasteiger partial charge on any atom is 0.217 e. The van der Waals surface area contributed by atoms with E-state index in [0.717, 1.165) is 11.1 Å². The molecule has 3 nitrogen and oxygen atoms in total. The number of carbonyl (C=O) groups excluding carboxylic acids is 1. The summed E-state index contributed by atoms with van der Waals surface area (Å²) in [5, 5.41) is 2.59. The van der Waals surface area contributed by atoms with Crippen LogP contribution < -0.4 is 11.1 Å². The summed E-state index contributed by atoms with van der Waals surface area (Å²) in [6.45, 7) is 1.81. The summed E-state index contributed by atoms with van der Waals surface area (Å²) in [5.74, 6) is 5.67. The Morgan fingerprint density at radius 1 is 1.44 bits per heavy atom. The zero-order chi connectivity index (χ0) is 12.0. The van der Waals surface area contributed by atoms with Crippen molar-refractivity contribution in [3.8, 4) is 11.8 Å². The first-order chi connectivity index (χ1) is 7.59. The molecule has 1 aromatic rings. The monoisotopic (exact) mass is 232 g/mol. The van der Waals surface area contributed by atoms with Gasteiger partial charge in [0.1, 0.15) is 4.99 Å². The summed E-state index contributed by atoms with van der Waals surface area (Å²) >= 11 is 4.83. The van der Waals surface area contributed by atoms with Crippen molar-refractivity contribution in [3.63, 3.8) is 0 Å². The summed E-state index contributed by atoms with van der Waals surface area (Å²) in [6, 6.07) is 7.33. The highest BCUT2D eigenvalue weighted by molar-refractivity contribution is 7.80. The molecular formula is C12H12N2OS. The van der Waals surface area contributed by atoms with Crippen LogP contribution in [-0.2, 0) is 4.79 Å². The molecule has 0 spiro atoms. The molecule has 0 aliphatic carbocycles. The second-order valence-electron chi connectivity index (χ2n) is 3.15. The molecule has 1 aromatic carbocycles. The fraction of sp³-hybridized carbons (Fsp3) is 0.167. The van der Waals surface area contributed by atoms with Gasteiger partial charge >= 0.3 is 0 Å². The summed E-state index contributed by atoms with van der Waals surface area (Å²) in [4.78, 5) is 10.9. The highest BCUT2D eigenvalue weighted by Crippen LogP contribution is 2.02. The molecule has 16 heavy (non-hydrogen) atoms. The van der Waals surface area contributed by atoms with Crippen LogP contribution in [0.1, 0.15) is 18.1 Å². The second-order valence-corrected chi connectivity index (χ2v) is 3.59. The normalized spacial score (nSPS) is 8.81. The first kappa shape index (κ1) is 12.2. The van der Waals surface area contributed by atoms with Crippen molar-refractivity contribution in [3.05, 3.63) is 35.4 Å². The highest BCUT2D eigenvalue weighted by Gasteiger charge is 1.94.